The molecule has 0 aliphatic carbocycles. The number of hydrogen-bond acceptors (Lipinski definition) is 6. The number of allylic oxidation sites excluding steroid dienone is 26. The van der Waals surface area contributed by atoms with Crippen molar-refractivity contribution < 1.29 is 28.6 Å². The third-order valence-electron chi connectivity index (χ3n) is 13.5. The quantitative estimate of drug-likeness (QED) is 0.0261. The SMILES string of the molecule is CC/C=C\C/C=C\C/C=C\C/C=C\C/C=C\CCCCCCCCCCCCCCCCCCCC(=O)OCC(COC(=O)CCCC/C=C\C/C=C\C/C=C\C/C=C\CC)OC(=O)CCCC/C=C\C/C=C\C/C=C\C/C=C\CC. The van der Waals surface area contributed by atoms with Crippen LogP contribution in [0.1, 0.15) is 278 Å². The Hall–Kier alpha value is -4.97. The van der Waals surface area contributed by atoms with Gasteiger partial charge in [0.2, 0.25) is 0 Å². The minimum atomic E-state index is -0.823. The Kier molecular flexibility index (Phi) is 63.4. The lowest BCUT2D eigenvalue weighted by atomic mass is 10.0. The molecule has 6 nitrogen and oxygen atoms in total. The van der Waals surface area contributed by atoms with Crippen LogP contribution < -0.4 is 0 Å². The molecule has 0 aliphatic heterocycles. The Morgan fingerprint density at radius 2 is 0.444 bits per heavy atom. The lowest BCUT2D eigenvalue weighted by molar-refractivity contribution is -0.167. The molecule has 0 heterocycles. The minimum absolute atomic E-state index is 0.112. The van der Waals surface area contributed by atoms with Crippen molar-refractivity contribution >= 4 is 17.9 Å². The molecule has 0 aromatic rings. The molecule has 0 spiro atoms. The monoisotopic (exact) mass is 1120 g/mol. The van der Waals surface area contributed by atoms with Crippen molar-refractivity contribution in [2.45, 2.75) is 284 Å². The molecule has 456 valence electrons. The molecule has 81 heavy (non-hydrogen) atoms. The zero-order valence-corrected chi connectivity index (χ0v) is 52.2. The second-order valence-corrected chi connectivity index (χ2v) is 21.2. The van der Waals surface area contributed by atoms with Crippen molar-refractivity contribution in [2.75, 3.05) is 13.2 Å². The fourth-order valence-electron chi connectivity index (χ4n) is 8.69. The maximum Gasteiger partial charge on any atom is 0.306 e. The number of esters is 3. The summed E-state index contributed by atoms with van der Waals surface area (Å²) < 4.78 is 16.8. The van der Waals surface area contributed by atoms with Gasteiger partial charge in [-0.3, -0.25) is 14.4 Å². The number of hydrogen-bond donors (Lipinski definition) is 0. The Balaban J connectivity index is 4.27. The first-order valence-corrected chi connectivity index (χ1v) is 33.0. The third-order valence-corrected chi connectivity index (χ3v) is 13.5. The Bertz CT molecular complexity index is 1810. The van der Waals surface area contributed by atoms with Crippen molar-refractivity contribution in [1.29, 1.82) is 0 Å². The van der Waals surface area contributed by atoms with Gasteiger partial charge in [-0.15, -0.1) is 0 Å². The highest BCUT2D eigenvalue weighted by molar-refractivity contribution is 5.71. The van der Waals surface area contributed by atoms with E-state index in [4.69, 9.17) is 14.2 Å². The topological polar surface area (TPSA) is 78.9 Å². The predicted octanol–water partition coefficient (Wildman–Crippen LogP) is 22.9. The maximum absolute atomic E-state index is 12.9. The molecule has 6 heteroatoms. The first kappa shape index (κ1) is 76.0. The van der Waals surface area contributed by atoms with Crippen LogP contribution in [0.2, 0.25) is 0 Å². The number of unbranched alkanes of at least 4 members (excludes halogenated alkanes) is 21. The molecule has 0 aromatic carbocycles. The maximum atomic E-state index is 12.9. The van der Waals surface area contributed by atoms with Crippen LogP contribution in [0, 0.1) is 0 Å². The highest BCUT2D eigenvalue weighted by atomic mass is 16.6. The highest BCUT2D eigenvalue weighted by Crippen LogP contribution is 2.16. The molecule has 0 radical (unpaired) electrons. The summed E-state index contributed by atoms with van der Waals surface area (Å²) in [6, 6.07) is 0. The highest BCUT2D eigenvalue weighted by Gasteiger charge is 2.19. The molecule has 0 bridgehead atoms. The molecule has 0 saturated carbocycles. The van der Waals surface area contributed by atoms with Gasteiger partial charge >= 0.3 is 17.9 Å². The standard InChI is InChI=1S/C75H120O6/c1-4-7-10-13-16-19-22-25-28-29-30-31-32-33-34-35-36-37-38-39-40-41-42-43-44-45-48-50-53-56-59-62-65-68-74(77)80-71-72(81-75(78)69-66-63-60-57-54-51-47-27-24-21-18-15-12-9-6-3)70-79-73(76)67-64-61-58-55-52-49-46-26-23-20-17-14-11-8-5-2/h7-12,16-21,25-28,30-31,33-34,46-47,52,54-55,57,72H,4-6,13-15,22-24,29,32,35-45,48-51,53,56,58-71H2,1-3H3/b10-7-,11-8-,12-9-,19-16-,20-17-,21-18-,28-25-,31-30-,34-33-,46-26-,47-27-,55-52-,57-54-. The summed E-state index contributed by atoms with van der Waals surface area (Å²) in [6.45, 7) is 6.23. The van der Waals surface area contributed by atoms with Crippen molar-refractivity contribution in [3.63, 3.8) is 0 Å². The van der Waals surface area contributed by atoms with E-state index in [0.717, 1.165) is 128 Å². The smallest absolute Gasteiger partial charge is 0.306 e. The Morgan fingerprint density at radius 1 is 0.247 bits per heavy atom. The Labute approximate surface area is 499 Å². The number of carbonyl (C=O) groups is 3. The minimum Gasteiger partial charge on any atom is -0.462 e. The third kappa shape index (κ3) is 65.7. The molecule has 0 N–H and O–H groups in total. The van der Waals surface area contributed by atoms with Gasteiger partial charge < -0.3 is 14.2 Å². The van der Waals surface area contributed by atoms with Gasteiger partial charge in [0.25, 0.3) is 0 Å². The van der Waals surface area contributed by atoms with E-state index in [2.05, 4.69) is 179 Å². The zero-order chi connectivity index (χ0) is 58.5. The van der Waals surface area contributed by atoms with E-state index in [-0.39, 0.29) is 37.5 Å². The molecule has 0 saturated heterocycles. The average Bonchev–Trinajstić information content (AvgIpc) is 3.47. The van der Waals surface area contributed by atoms with Crippen LogP contribution in [0.25, 0.3) is 0 Å². The largest absolute Gasteiger partial charge is 0.462 e. The van der Waals surface area contributed by atoms with Gasteiger partial charge in [-0.1, -0.05) is 275 Å². The fraction of sp³-hybridized carbons (Fsp3) is 0.613. The van der Waals surface area contributed by atoms with E-state index in [0.29, 0.717) is 25.7 Å². The predicted molar refractivity (Wildman–Crippen MR) is 352 cm³/mol. The summed E-state index contributed by atoms with van der Waals surface area (Å²) >= 11 is 0. The number of ether oxygens (including phenoxy) is 3. The lowest BCUT2D eigenvalue weighted by Crippen LogP contribution is -2.30. The average molecular weight is 1120 g/mol. The van der Waals surface area contributed by atoms with Gasteiger partial charge in [0.15, 0.2) is 6.10 Å². The second kappa shape index (κ2) is 67.5. The van der Waals surface area contributed by atoms with E-state index >= 15 is 0 Å². The fourth-order valence-corrected chi connectivity index (χ4v) is 8.69. The van der Waals surface area contributed by atoms with Crippen LogP contribution in [0.15, 0.2) is 158 Å². The van der Waals surface area contributed by atoms with Crippen molar-refractivity contribution in [3.8, 4) is 0 Å². The molecule has 1 unspecified atom stereocenters. The summed E-state index contributed by atoms with van der Waals surface area (Å²) in [6.07, 6.45) is 98.5. The van der Waals surface area contributed by atoms with Gasteiger partial charge in [0.1, 0.15) is 13.2 Å². The first-order chi connectivity index (χ1) is 40.0. The molecule has 0 rings (SSSR count). The second-order valence-electron chi connectivity index (χ2n) is 21.2. The lowest BCUT2D eigenvalue weighted by Gasteiger charge is -2.18. The first-order valence-electron chi connectivity index (χ1n) is 33.0. The molecule has 0 aromatic heterocycles. The molecular formula is C75H120O6. The van der Waals surface area contributed by atoms with Crippen LogP contribution in [0.3, 0.4) is 0 Å². The summed E-state index contributed by atoms with van der Waals surface area (Å²) in [5, 5.41) is 0. The van der Waals surface area contributed by atoms with E-state index in [1.54, 1.807) is 0 Å². The van der Waals surface area contributed by atoms with E-state index in [9.17, 15) is 14.4 Å². The molecule has 0 amide bonds. The van der Waals surface area contributed by atoms with Gasteiger partial charge in [0, 0.05) is 19.3 Å². The van der Waals surface area contributed by atoms with Gasteiger partial charge in [0.05, 0.1) is 0 Å². The normalized spacial score (nSPS) is 13.2. The van der Waals surface area contributed by atoms with E-state index in [1.165, 1.54) is 96.3 Å². The number of carbonyl (C=O) groups excluding carboxylic acids is 3. The van der Waals surface area contributed by atoms with E-state index < -0.39 is 6.10 Å². The van der Waals surface area contributed by atoms with Crippen LogP contribution >= 0.6 is 0 Å². The summed E-state index contributed by atoms with van der Waals surface area (Å²) in [7, 11) is 0. The van der Waals surface area contributed by atoms with Gasteiger partial charge in [-0.05, 0) is 141 Å². The van der Waals surface area contributed by atoms with Crippen molar-refractivity contribution in [3.05, 3.63) is 158 Å². The van der Waals surface area contributed by atoms with E-state index in [1.807, 2.05) is 0 Å². The zero-order valence-electron chi connectivity index (χ0n) is 52.2. The molecule has 0 fully saturated rings. The van der Waals surface area contributed by atoms with Crippen molar-refractivity contribution in [2.24, 2.45) is 0 Å². The van der Waals surface area contributed by atoms with Crippen LogP contribution in [-0.4, -0.2) is 37.2 Å². The van der Waals surface area contributed by atoms with Gasteiger partial charge in [-0.2, -0.15) is 0 Å². The van der Waals surface area contributed by atoms with Crippen molar-refractivity contribution in [1.82, 2.24) is 0 Å². The molecular weight excluding hydrogens is 997 g/mol. The Morgan fingerprint density at radius 3 is 0.716 bits per heavy atom. The summed E-state index contributed by atoms with van der Waals surface area (Å²) in [5.74, 6) is -0.998. The number of rotatable bonds is 58. The van der Waals surface area contributed by atoms with Crippen LogP contribution in [0.5, 0.6) is 0 Å². The molecule has 1 atom stereocenters. The summed E-state index contributed by atoms with van der Waals surface area (Å²) in [5.41, 5.74) is 0. The van der Waals surface area contributed by atoms with Gasteiger partial charge in [-0.25, -0.2) is 0 Å². The summed E-state index contributed by atoms with van der Waals surface area (Å²) in [4.78, 5) is 38.3. The molecule has 0 aliphatic rings. The van der Waals surface area contributed by atoms with Crippen LogP contribution in [-0.2, 0) is 28.6 Å². The van der Waals surface area contributed by atoms with Crippen LogP contribution in [0.4, 0.5) is 0 Å².